The minimum Gasteiger partial charge on any atom is -0.369 e. The fraction of sp³-hybridized carbons (Fsp3) is 0.174. The Morgan fingerprint density at radius 1 is 1.00 bits per heavy atom. The number of benzene rings is 2. The number of carbonyl (C=O) groups excluding carboxylic acids is 1. The normalized spacial score (nSPS) is 10.7. The van der Waals surface area contributed by atoms with E-state index in [0.29, 0.717) is 12.1 Å². The molecule has 4 aromatic rings. The van der Waals surface area contributed by atoms with Crippen molar-refractivity contribution in [2.45, 2.75) is 6.42 Å². The lowest BCUT2D eigenvalue weighted by molar-refractivity contribution is 0.0953. The summed E-state index contributed by atoms with van der Waals surface area (Å²) < 4.78 is 5.63. The lowest BCUT2D eigenvalue weighted by atomic mass is 10.2. The fourth-order valence-corrected chi connectivity index (χ4v) is 3.89. The number of hydrogen-bond acceptors (Lipinski definition) is 6. The van der Waals surface area contributed by atoms with Crippen molar-refractivity contribution in [1.29, 1.82) is 0 Å². The monoisotopic (exact) mass is 417 g/mol. The van der Waals surface area contributed by atoms with E-state index in [1.807, 2.05) is 66.5 Å². The summed E-state index contributed by atoms with van der Waals surface area (Å²) in [6, 6.07) is 21.5. The first-order valence-corrected chi connectivity index (χ1v) is 10.6. The third-order valence-electron chi connectivity index (χ3n) is 4.82. The molecular formula is C23H23N5OS. The average molecular weight is 418 g/mol. The van der Waals surface area contributed by atoms with Crippen molar-refractivity contribution < 1.29 is 4.79 Å². The Morgan fingerprint density at radius 3 is 2.60 bits per heavy atom. The van der Waals surface area contributed by atoms with Crippen molar-refractivity contribution in [1.82, 2.24) is 14.7 Å². The van der Waals surface area contributed by atoms with Gasteiger partial charge in [0.2, 0.25) is 0 Å². The molecule has 0 saturated carbocycles. The first-order valence-electron chi connectivity index (χ1n) is 9.84. The van der Waals surface area contributed by atoms with Crippen LogP contribution in [-0.4, -0.2) is 35.4 Å². The number of anilines is 3. The molecule has 0 saturated heterocycles. The number of aromatic nitrogens is 2. The first-order chi connectivity index (χ1) is 14.7. The molecule has 6 nitrogen and oxygen atoms in total. The highest BCUT2D eigenvalue weighted by Gasteiger charge is 2.08. The van der Waals surface area contributed by atoms with E-state index in [2.05, 4.69) is 32.1 Å². The van der Waals surface area contributed by atoms with Gasteiger partial charge in [0.1, 0.15) is 11.6 Å². The summed E-state index contributed by atoms with van der Waals surface area (Å²) in [5.74, 6) is 1.70. The van der Waals surface area contributed by atoms with Crippen LogP contribution >= 0.6 is 11.5 Å². The van der Waals surface area contributed by atoms with Gasteiger partial charge in [0.15, 0.2) is 0 Å². The molecule has 0 spiro atoms. The standard InChI is InChI=1S/C23H23N5OS/c1-28(21-9-4-5-14-24-21)18-12-10-17(11-13-18)23(29)26-16-6-15-25-22-19-7-2-3-8-20(19)30-27-22/h2-5,7-14H,6,15-16H2,1H3,(H,25,27)(H,26,29). The number of rotatable bonds is 8. The highest BCUT2D eigenvalue weighted by Crippen LogP contribution is 2.26. The summed E-state index contributed by atoms with van der Waals surface area (Å²) in [7, 11) is 1.95. The molecule has 2 N–H and O–H groups in total. The molecule has 4 rings (SSSR count). The van der Waals surface area contributed by atoms with Crippen molar-refractivity contribution in [2.24, 2.45) is 0 Å². The number of pyridine rings is 1. The summed E-state index contributed by atoms with van der Waals surface area (Å²) in [5.41, 5.74) is 1.62. The molecule has 2 aromatic heterocycles. The number of amides is 1. The number of nitrogens with zero attached hydrogens (tertiary/aromatic N) is 3. The fourth-order valence-electron chi connectivity index (χ4n) is 3.13. The molecule has 0 aliphatic heterocycles. The van der Waals surface area contributed by atoms with E-state index in [1.165, 1.54) is 16.2 Å². The van der Waals surface area contributed by atoms with Crippen molar-refractivity contribution in [2.75, 3.05) is 30.4 Å². The zero-order valence-electron chi connectivity index (χ0n) is 16.7. The third kappa shape index (κ3) is 4.58. The Morgan fingerprint density at radius 2 is 1.80 bits per heavy atom. The van der Waals surface area contributed by atoms with Crippen molar-refractivity contribution in [3.05, 3.63) is 78.5 Å². The van der Waals surface area contributed by atoms with Gasteiger partial charge in [-0.1, -0.05) is 18.2 Å². The van der Waals surface area contributed by atoms with Gasteiger partial charge in [0.25, 0.3) is 5.91 Å². The second-order valence-corrected chi connectivity index (χ2v) is 7.66. The maximum atomic E-state index is 12.4. The van der Waals surface area contributed by atoms with E-state index in [4.69, 9.17) is 0 Å². The third-order valence-corrected chi connectivity index (χ3v) is 5.65. The quantitative estimate of drug-likeness (QED) is 0.407. The molecule has 0 atom stereocenters. The van der Waals surface area contributed by atoms with Gasteiger partial charge < -0.3 is 15.5 Å². The predicted octanol–water partition coefficient (Wildman–Crippen LogP) is 4.69. The van der Waals surface area contributed by atoms with E-state index in [-0.39, 0.29) is 5.91 Å². The predicted molar refractivity (Wildman–Crippen MR) is 124 cm³/mol. The topological polar surface area (TPSA) is 70.2 Å². The number of fused-ring (bicyclic) bond motifs is 1. The van der Waals surface area contributed by atoms with Crippen LogP contribution in [0, 0.1) is 0 Å². The SMILES string of the molecule is CN(c1ccc(C(=O)NCCCNc2nsc3ccccc23)cc1)c1ccccn1. The van der Waals surface area contributed by atoms with Crippen molar-refractivity contribution >= 4 is 44.8 Å². The molecule has 2 heterocycles. The van der Waals surface area contributed by atoms with Crippen LogP contribution in [0.5, 0.6) is 0 Å². The van der Waals surface area contributed by atoms with E-state index in [0.717, 1.165) is 35.7 Å². The van der Waals surface area contributed by atoms with Gasteiger partial charge in [-0.2, -0.15) is 4.37 Å². The molecule has 0 aliphatic rings. The summed E-state index contributed by atoms with van der Waals surface area (Å²) in [6.45, 7) is 1.35. The zero-order chi connectivity index (χ0) is 20.8. The summed E-state index contributed by atoms with van der Waals surface area (Å²) >= 11 is 1.49. The van der Waals surface area contributed by atoms with Crippen molar-refractivity contribution in [3.63, 3.8) is 0 Å². The maximum Gasteiger partial charge on any atom is 0.251 e. The molecule has 2 aromatic carbocycles. The van der Waals surface area contributed by atoms with Gasteiger partial charge in [-0.3, -0.25) is 4.79 Å². The van der Waals surface area contributed by atoms with Gasteiger partial charge in [-0.05, 0) is 66.5 Å². The average Bonchev–Trinajstić information content (AvgIpc) is 3.22. The second-order valence-electron chi connectivity index (χ2n) is 6.86. The Balaban J connectivity index is 1.24. The molecule has 30 heavy (non-hydrogen) atoms. The molecule has 0 aliphatic carbocycles. The number of hydrogen-bond donors (Lipinski definition) is 2. The van der Waals surface area contributed by atoms with Crippen LogP contribution in [0.15, 0.2) is 72.9 Å². The smallest absolute Gasteiger partial charge is 0.251 e. The van der Waals surface area contributed by atoms with E-state index >= 15 is 0 Å². The van der Waals surface area contributed by atoms with Crippen LogP contribution < -0.4 is 15.5 Å². The van der Waals surface area contributed by atoms with Gasteiger partial charge in [-0.25, -0.2) is 4.98 Å². The molecule has 0 bridgehead atoms. The van der Waals surface area contributed by atoms with E-state index in [1.54, 1.807) is 6.20 Å². The second kappa shape index (κ2) is 9.37. The van der Waals surface area contributed by atoms with Crippen LogP contribution in [0.3, 0.4) is 0 Å². The minimum absolute atomic E-state index is 0.0684. The van der Waals surface area contributed by atoms with Crippen molar-refractivity contribution in [3.8, 4) is 0 Å². The molecule has 0 unspecified atom stereocenters. The Kier molecular flexibility index (Phi) is 6.20. The van der Waals surface area contributed by atoms with Gasteiger partial charge in [-0.15, -0.1) is 0 Å². The van der Waals surface area contributed by atoms with Crippen LogP contribution in [0.25, 0.3) is 10.1 Å². The largest absolute Gasteiger partial charge is 0.369 e. The number of carbonyl (C=O) groups is 1. The van der Waals surface area contributed by atoms with E-state index < -0.39 is 0 Å². The summed E-state index contributed by atoms with van der Waals surface area (Å²) in [6.07, 6.45) is 2.58. The van der Waals surface area contributed by atoms with Crippen LogP contribution in [0.2, 0.25) is 0 Å². The van der Waals surface area contributed by atoms with Gasteiger partial charge >= 0.3 is 0 Å². The first kappa shape index (κ1) is 19.8. The molecular weight excluding hydrogens is 394 g/mol. The molecule has 152 valence electrons. The maximum absolute atomic E-state index is 12.4. The Labute approximate surface area is 179 Å². The highest BCUT2D eigenvalue weighted by atomic mass is 32.1. The molecule has 0 radical (unpaired) electrons. The van der Waals surface area contributed by atoms with Crippen LogP contribution in [0.1, 0.15) is 16.8 Å². The minimum atomic E-state index is -0.0684. The summed E-state index contributed by atoms with van der Waals surface area (Å²) in [4.78, 5) is 18.7. The Bertz CT molecular complexity index is 1110. The lowest BCUT2D eigenvalue weighted by Crippen LogP contribution is -2.25. The lowest BCUT2D eigenvalue weighted by Gasteiger charge is -2.18. The van der Waals surface area contributed by atoms with Crippen LogP contribution in [-0.2, 0) is 0 Å². The van der Waals surface area contributed by atoms with Gasteiger partial charge in [0.05, 0.1) is 4.70 Å². The zero-order valence-corrected chi connectivity index (χ0v) is 17.5. The van der Waals surface area contributed by atoms with Crippen LogP contribution in [0.4, 0.5) is 17.3 Å². The summed E-state index contributed by atoms with van der Waals surface area (Å²) in [5, 5.41) is 7.47. The molecule has 0 fully saturated rings. The number of nitrogens with one attached hydrogen (secondary N) is 2. The van der Waals surface area contributed by atoms with E-state index in [9.17, 15) is 4.79 Å². The molecule has 7 heteroatoms. The van der Waals surface area contributed by atoms with Gasteiger partial charge in [0, 0.05) is 43.0 Å². The molecule has 1 amide bonds. The highest BCUT2D eigenvalue weighted by molar-refractivity contribution is 7.13. The Hall–Kier alpha value is -3.45.